The number of phenols is 1. The van der Waals surface area contributed by atoms with Crippen molar-refractivity contribution in [3.8, 4) is 5.75 Å². The van der Waals surface area contributed by atoms with Crippen molar-refractivity contribution in [3.05, 3.63) is 29.8 Å². The van der Waals surface area contributed by atoms with E-state index in [2.05, 4.69) is 0 Å². The van der Waals surface area contributed by atoms with Crippen molar-refractivity contribution in [3.63, 3.8) is 0 Å². The minimum Gasteiger partial charge on any atom is -0.508 e. The largest absolute Gasteiger partial charge is 0.508 e. The lowest BCUT2D eigenvalue weighted by Gasteiger charge is -2.39. The van der Waals surface area contributed by atoms with Gasteiger partial charge in [-0.05, 0) is 37.1 Å². The maximum atomic E-state index is 12.4. The molecule has 5 heteroatoms. The van der Waals surface area contributed by atoms with Crippen molar-refractivity contribution in [1.82, 2.24) is 4.90 Å². The fourth-order valence-electron chi connectivity index (χ4n) is 3.19. The molecule has 1 amide bonds. The average molecular weight is 291 g/mol. The van der Waals surface area contributed by atoms with Gasteiger partial charge in [0.05, 0.1) is 13.2 Å². The monoisotopic (exact) mass is 291 g/mol. The van der Waals surface area contributed by atoms with Gasteiger partial charge >= 0.3 is 0 Å². The third-order valence-corrected chi connectivity index (χ3v) is 4.51. The van der Waals surface area contributed by atoms with Crippen LogP contribution in [0, 0.1) is 0 Å². The molecule has 0 radical (unpaired) electrons. The van der Waals surface area contributed by atoms with Crippen LogP contribution in [0.4, 0.5) is 0 Å². The molecule has 21 heavy (non-hydrogen) atoms. The van der Waals surface area contributed by atoms with E-state index in [1.165, 1.54) is 12.1 Å². The van der Waals surface area contributed by atoms with E-state index in [1.54, 1.807) is 17.0 Å². The Bertz CT molecular complexity index is 498. The van der Waals surface area contributed by atoms with Gasteiger partial charge in [-0.3, -0.25) is 4.79 Å². The van der Waals surface area contributed by atoms with Crippen LogP contribution < -0.4 is 0 Å². The van der Waals surface area contributed by atoms with Gasteiger partial charge < -0.3 is 19.5 Å². The Morgan fingerprint density at radius 3 is 2.33 bits per heavy atom. The van der Waals surface area contributed by atoms with Crippen LogP contribution in [0.25, 0.3) is 0 Å². The second-order valence-electron chi connectivity index (χ2n) is 5.80. The van der Waals surface area contributed by atoms with Gasteiger partial charge in [0.2, 0.25) is 0 Å². The molecular formula is C16H21NO4. The van der Waals surface area contributed by atoms with Gasteiger partial charge in [0.25, 0.3) is 5.91 Å². The van der Waals surface area contributed by atoms with Gasteiger partial charge in [0.1, 0.15) is 5.75 Å². The standard InChI is InChI=1S/C16H21NO4/c1-17(15(19)12-2-4-14(18)5-3-12)13-6-8-16(9-7-13)20-10-11-21-16/h2-5,13,18H,6-11H2,1H3. The summed E-state index contributed by atoms with van der Waals surface area (Å²) in [6.45, 7) is 1.35. The Balaban J connectivity index is 1.62. The lowest BCUT2D eigenvalue weighted by atomic mass is 9.89. The molecule has 1 heterocycles. The third-order valence-electron chi connectivity index (χ3n) is 4.51. The Morgan fingerprint density at radius 1 is 1.19 bits per heavy atom. The van der Waals surface area contributed by atoms with Crippen LogP contribution in [0.3, 0.4) is 0 Å². The Labute approximate surface area is 124 Å². The summed E-state index contributed by atoms with van der Waals surface area (Å²) in [5, 5.41) is 9.29. The van der Waals surface area contributed by atoms with Gasteiger partial charge in [-0.2, -0.15) is 0 Å². The summed E-state index contributed by atoms with van der Waals surface area (Å²) in [5.41, 5.74) is 0.601. The summed E-state index contributed by atoms with van der Waals surface area (Å²) in [5.74, 6) is -0.229. The van der Waals surface area contributed by atoms with Crippen molar-refractivity contribution >= 4 is 5.91 Å². The Kier molecular flexibility index (Phi) is 3.87. The predicted molar refractivity (Wildman–Crippen MR) is 77.1 cm³/mol. The Morgan fingerprint density at radius 2 is 1.76 bits per heavy atom. The molecule has 2 fully saturated rings. The molecule has 0 atom stereocenters. The second kappa shape index (κ2) is 5.66. The molecule has 1 aliphatic carbocycles. The first kappa shape index (κ1) is 14.4. The molecule has 1 spiro atoms. The maximum absolute atomic E-state index is 12.4. The lowest BCUT2D eigenvalue weighted by Crippen LogP contribution is -2.44. The van der Waals surface area contributed by atoms with Crippen molar-refractivity contribution < 1.29 is 19.4 Å². The molecule has 1 saturated heterocycles. The molecule has 1 aromatic rings. The van der Waals surface area contributed by atoms with Crippen molar-refractivity contribution in [1.29, 1.82) is 0 Å². The van der Waals surface area contributed by atoms with Crippen LogP contribution in [0.1, 0.15) is 36.0 Å². The number of aromatic hydroxyl groups is 1. The molecular weight excluding hydrogens is 270 g/mol. The number of nitrogens with zero attached hydrogens (tertiary/aromatic N) is 1. The van der Waals surface area contributed by atoms with E-state index in [1.807, 2.05) is 7.05 Å². The molecule has 0 bridgehead atoms. The van der Waals surface area contributed by atoms with E-state index >= 15 is 0 Å². The number of carbonyl (C=O) groups is 1. The van der Waals surface area contributed by atoms with Crippen LogP contribution in [0.5, 0.6) is 5.75 Å². The molecule has 1 saturated carbocycles. The average Bonchev–Trinajstić information content (AvgIpc) is 2.96. The zero-order valence-corrected chi connectivity index (χ0v) is 12.2. The van der Waals surface area contributed by atoms with Gasteiger partial charge in [0.15, 0.2) is 5.79 Å². The van der Waals surface area contributed by atoms with Gasteiger partial charge in [-0.15, -0.1) is 0 Å². The topological polar surface area (TPSA) is 59.0 Å². The highest BCUT2D eigenvalue weighted by atomic mass is 16.7. The number of hydrogen-bond acceptors (Lipinski definition) is 4. The number of phenolic OH excluding ortho intramolecular Hbond substituents is 1. The smallest absolute Gasteiger partial charge is 0.253 e. The summed E-state index contributed by atoms with van der Waals surface area (Å²) in [6.07, 6.45) is 3.45. The summed E-state index contributed by atoms with van der Waals surface area (Å²) >= 11 is 0. The molecule has 5 nitrogen and oxygen atoms in total. The molecule has 2 aliphatic rings. The minimum atomic E-state index is -0.390. The fraction of sp³-hybridized carbons (Fsp3) is 0.562. The number of rotatable bonds is 2. The van der Waals surface area contributed by atoms with Crippen molar-refractivity contribution in [2.75, 3.05) is 20.3 Å². The second-order valence-corrected chi connectivity index (χ2v) is 5.80. The van der Waals surface area contributed by atoms with Crippen LogP contribution in [-0.2, 0) is 9.47 Å². The predicted octanol–water partition coefficient (Wildman–Crippen LogP) is 2.15. The number of ether oxygens (including phenoxy) is 2. The molecule has 3 rings (SSSR count). The first-order valence-corrected chi connectivity index (χ1v) is 7.44. The highest BCUT2D eigenvalue weighted by Crippen LogP contribution is 2.37. The lowest BCUT2D eigenvalue weighted by molar-refractivity contribution is -0.182. The van der Waals surface area contributed by atoms with Crippen molar-refractivity contribution in [2.45, 2.75) is 37.5 Å². The van der Waals surface area contributed by atoms with Crippen LogP contribution >= 0.6 is 0 Å². The normalized spacial score (nSPS) is 21.6. The zero-order chi connectivity index (χ0) is 14.9. The molecule has 0 aromatic heterocycles. The highest BCUT2D eigenvalue weighted by Gasteiger charge is 2.41. The van der Waals surface area contributed by atoms with Gasteiger partial charge in [-0.25, -0.2) is 0 Å². The highest BCUT2D eigenvalue weighted by molar-refractivity contribution is 5.94. The van der Waals surface area contributed by atoms with E-state index in [-0.39, 0.29) is 23.5 Å². The zero-order valence-electron chi connectivity index (χ0n) is 12.2. The number of benzene rings is 1. The molecule has 1 aromatic carbocycles. The summed E-state index contributed by atoms with van der Waals surface area (Å²) in [4.78, 5) is 14.2. The summed E-state index contributed by atoms with van der Waals surface area (Å²) in [7, 11) is 1.84. The SMILES string of the molecule is CN(C(=O)c1ccc(O)cc1)C1CCC2(CC1)OCCO2. The van der Waals surface area contributed by atoms with Gasteiger partial charge in [0, 0.05) is 31.5 Å². The summed E-state index contributed by atoms with van der Waals surface area (Å²) in [6, 6.07) is 6.60. The minimum absolute atomic E-state index is 0.00999. The molecule has 1 N–H and O–H groups in total. The van der Waals surface area contributed by atoms with E-state index in [4.69, 9.17) is 9.47 Å². The van der Waals surface area contributed by atoms with E-state index in [0.717, 1.165) is 25.7 Å². The first-order valence-electron chi connectivity index (χ1n) is 7.44. The van der Waals surface area contributed by atoms with E-state index in [0.29, 0.717) is 18.8 Å². The number of amides is 1. The maximum Gasteiger partial charge on any atom is 0.253 e. The number of hydrogen-bond donors (Lipinski definition) is 1. The first-order chi connectivity index (χ1) is 10.1. The Hall–Kier alpha value is -1.59. The van der Waals surface area contributed by atoms with E-state index < -0.39 is 0 Å². The van der Waals surface area contributed by atoms with Crippen LogP contribution in [0.15, 0.2) is 24.3 Å². The van der Waals surface area contributed by atoms with Gasteiger partial charge in [-0.1, -0.05) is 0 Å². The molecule has 114 valence electrons. The third kappa shape index (κ3) is 2.89. The molecule has 1 aliphatic heterocycles. The van der Waals surface area contributed by atoms with Crippen molar-refractivity contribution in [2.24, 2.45) is 0 Å². The van der Waals surface area contributed by atoms with Crippen LogP contribution in [-0.4, -0.2) is 48.0 Å². The van der Waals surface area contributed by atoms with Crippen LogP contribution in [0.2, 0.25) is 0 Å². The molecule has 0 unspecified atom stereocenters. The summed E-state index contributed by atoms with van der Waals surface area (Å²) < 4.78 is 11.4. The number of carbonyl (C=O) groups excluding carboxylic acids is 1. The van der Waals surface area contributed by atoms with E-state index in [9.17, 15) is 9.90 Å². The quantitative estimate of drug-likeness (QED) is 0.907. The fourth-order valence-corrected chi connectivity index (χ4v) is 3.19.